The van der Waals surface area contributed by atoms with Crippen LogP contribution >= 0.6 is 0 Å². The van der Waals surface area contributed by atoms with Gasteiger partial charge in [-0.3, -0.25) is 9.88 Å². The number of methoxy groups -OCH3 is 1. The summed E-state index contributed by atoms with van der Waals surface area (Å²) in [5, 5.41) is 1.11. The van der Waals surface area contributed by atoms with Crippen molar-refractivity contribution in [3.63, 3.8) is 0 Å². The molecular formula is C23H31N5O3S. The molecule has 32 heavy (non-hydrogen) atoms. The van der Waals surface area contributed by atoms with E-state index in [2.05, 4.69) is 30.7 Å². The molecule has 0 bridgehead atoms. The van der Waals surface area contributed by atoms with Gasteiger partial charge in [-0.25, -0.2) is 13.1 Å². The molecular weight excluding hydrogens is 426 g/mol. The number of nitrogens with one attached hydrogen (secondary N) is 2. The van der Waals surface area contributed by atoms with Gasteiger partial charge < -0.3 is 14.6 Å². The van der Waals surface area contributed by atoms with E-state index < -0.39 is 10.0 Å². The zero-order chi connectivity index (χ0) is 22.6. The number of aromatic amines is 1. The molecule has 8 nitrogen and oxygen atoms in total. The zero-order valence-corrected chi connectivity index (χ0v) is 19.5. The summed E-state index contributed by atoms with van der Waals surface area (Å²) in [7, 11) is -0.148. The summed E-state index contributed by atoms with van der Waals surface area (Å²) in [6.45, 7) is 5.02. The first kappa shape index (κ1) is 22.6. The predicted molar refractivity (Wildman–Crippen MR) is 128 cm³/mol. The van der Waals surface area contributed by atoms with E-state index >= 15 is 0 Å². The number of sulfonamides is 1. The monoisotopic (exact) mass is 457 g/mol. The highest BCUT2D eigenvalue weighted by Crippen LogP contribution is 2.27. The molecule has 4 rings (SSSR count). The van der Waals surface area contributed by atoms with Gasteiger partial charge in [-0.05, 0) is 55.8 Å². The SMILES string of the molecule is CNS(=O)(=O)Cc1ccc2[nH]cc(CCCN3CCN(c4ccncc4OC)CC3)c2c1. The fourth-order valence-electron chi connectivity index (χ4n) is 4.31. The first-order valence-electron chi connectivity index (χ1n) is 10.9. The third-order valence-electron chi connectivity index (χ3n) is 6.12. The number of benzene rings is 1. The molecule has 1 fully saturated rings. The van der Waals surface area contributed by atoms with Crippen molar-refractivity contribution in [3.8, 4) is 5.75 Å². The van der Waals surface area contributed by atoms with Gasteiger partial charge in [-0.1, -0.05) is 6.07 Å². The summed E-state index contributed by atoms with van der Waals surface area (Å²) in [5.74, 6) is 0.818. The lowest BCUT2D eigenvalue weighted by Crippen LogP contribution is -2.46. The Labute approximate surface area is 189 Å². The Morgan fingerprint density at radius 3 is 2.75 bits per heavy atom. The molecule has 1 aliphatic rings. The maximum atomic E-state index is 11.9. The van der Waals surface area contributed by atoms with Crippen molar-refractivity contribution in [1.82, 2.24) is 19.6 Å². The molecule has 1 aliphatic heterocycles. The van der Waals surface area contributed by atoms with Crippen molar-refractivity contribution in [2.24, 2.45) is 0 Å². The van der Waals surface area contributed by atoms with Crippen LogP contribution in [-0.4, -0.2) is 70.2 Å². The quantitative estimate of drug-likeness (QED) is 0.513. The Hall–Kier alpha value is -2.62. The second-order valence-corrected chi connectivity index (χ2v) is 10.1. The fourth-order valence-corrected chi connectivity index (χ4v) is 5.07. The lowest BCUT2D eigenvalue weighted by Gasteiger charge is -2.36. The van der Waals surface area contributed by atoms with Crippen LogP contribution in [0.5, 0.6) is 5.75 Å². The largest absolute Gasteiger partial charge is 0.493 e. The summed E-state index contributed by atoms with van der Waals surface area (Å²) in [6.07, 6.45) is 7.65. The predicted octanol–water partition coefficient (Wildman–Crippen LogP) is 2.38. The smallest absolute Gasteiger partial charge is 0.215 e. The number of aromatic nitrogens is 2. The van der Waals surface area contributed by atoms with E-state index in [0.29, 0.717) is 0 Å². The van der Waals surface area contributed by atoms with Gasteiger partial charge in [0.25, 0.3) is 0 Å². The van der Waals surface area contributed by atoms with Crippen molar-refractivity contribution in [3.05, 3.63) is 54.0 Å². The fraction of sp³-hybridized carbons (Fsp3) is 0.435. The van der Waals surface area contributed by atoms with Gasteiger partial charge in [0.05, 0.1) is 24.7 Å². The molecule has 1 aromatic carbocycles. The number of aryl methyl sites for hydroxylation is 1. The minimum Gasteiger partial charge on any atom is -0.493 e. The molecule has 0 unspecified atom stereocenters. The lowest BCUT2D eigenvalue weighted by atomic mass is 10.1. The van der Waals surface area contributed by atoms with Gasteiger partial charge in [-0.2, -0.15) is 0 Å². The van der Waals surface area contributed by atoms with E-state index in [4.69, 9.17) is 4.74 Å². The van der Waals surface area contributed by atoms with E-state index in [0.717, 1.165) is 73.5 Å². The molecule has 0 radical (unpaired) electrons. The van der Waals surface area contributed by atoms with E-state index in [9.17, 15) is 8.42 Å². The Morgan fingerprint density at radius 2 is 2.00 bits per heavy atom. The second kappa shape index (κ2) is 9.89. The Balaban J connectivity index is 1.31. The van der Waals surface area contributed by atoms with Crippen LogP contribution < -0.4 is 14.4 Å². The van der Waals surface area contributed by atoms with E-state index in [-0.39, 0.29) is 5.75 Å². The topological polar surface area (TPSA) is 90.6 Å². The summed E-state index contributed by atoms with van der Waals surface area (Å²) < 4.78 is 31.6. The van der Waals surface area contributed by atoms with Crippen LogP contribution in [-0.2, 0) is 22.2 Å². The minimum atomic E-state index is -3.28. The highest BCUT2D eigenvalue weighted by molar-refractivity contribution is 7.88. The van der Waals surface area contributed by atoms with Crippen molar-refractivity contribution in [1.29, 1.82) is 0 Å². The van der Waals surface area contributed by atoms with Crippen LogP contribution in [0, 0.1) is 0 Å². The van der Waals surface area contributed by atoms with Crippen LogP contribution in [0.25, 0.3) is 10.9 Å². The maximum Gasteiger partial charge on any atom is 0.215 e. The average Bonchev–Trinajstić information content (AvgIpc) is 3.21. The van der Waals surface area contributed by atoms with Gasteiger partial charge in [0.2, 0.25) is 10.0 Å². The van der Waals surface area contributed by atoms with Crippen LogP contribution in [0.1, 0.15) is 17.5 Å². The first-order valence-corrected chi connectivity index (χ1v) is 12.6. The summed E-state index contributed by atoms with van der Waals surface area (Å²) in [4.78, 5) is 12.3. The molecule has 3 aromatic rings. The standard InChI is InChI=1S/C23H31N5O3S/c1-24-32(29,30)17-18-5-6-21-20(14-18)19(15-26-21)4-3-9-27-10-12-28(13-11-27)22-7-8-25-16-23(22)31-2/h5-8,14-16,24,26H,3-4,9-13,17H2,1-2H3. The van der Waals surface area contributed by atoms with E-state index in [1.165, 1.54) is 12.6 Å². The number of H-pyrrole nitrogens is 1. The highest BCUT2D eigenvalue weighted by atomic mass is 32.2. The molecule has 2 aromatic heterocycles. The molecule has 9 heteroatoms. The number of nitrogens with zero attached hydrogens (tertiary/aromatic N) is 3. The molecule has 172 valence electrons. The molecule has 3 heterocycles. The van der Waals surface area contributed by atoms with Gasteiger partial charge in [-0.15, -0.1) is 0 Å². The molecule has 1 saturated heterocycles. The molecule has 0 atom stereocenters. The maximum absolute atomic E-state index is 11.9. The molecule has 0 spiro atoms. The van der Waals surface area contributed by atoms with Crippen molar-refractivity contribution in [2.75, 3.05) is 51.8 Å². The normalized spacial score (nSPS) is 15.4. The van der Waals surface area contributed by atoms with Gasteiger partial charge in [0.15, 0.2) is 5.75 Å². The molecule has 0 aliphatic carbocycles. The van der Waals surface area contributed by atoms with E-state index in [1.54, 1.807) is 13.3 Å². The third kappa shape index (κ3) is 5.23. The number of fused-ring (bicyclic) bond motifs is 1. The summed E-state index contributed by atoms with van der Waals surface area (Å²) >= 11 is 0. The number of hydrogen-bond acceptors (Lipinski definition) is 6. The van der Waals surface area contributed by atoms with Crippen LogP contribution in [0.3, 0.4) is 0 Å². The van der Waals surface area contributed by atoms with Crippen LogP contribution in [0.15, 0.2) is 42.9 Å². The van der Waals surface area contributed by atoms with Gasteiger partial charge in [0, 0.05) is 49.5 Å². The molecule has 0 amide bonds. The third-order valence-corrected chi connectivity index (χ3v) is 7.45. The zero-order valence-electron chi connectivity index (χ0n) is 18.7. The second-order valence-electron chi connectivity index (χ2n) is 8.14. The van der Waals surface area contributed by atoms with E-state index in [1.807, 2.05) is 30.5 Å². The Morgan fingerprint density at radius 1 is 1.19 bits per heavy atom. The molecule has 2 N–H and O–H groups in total. The Kier molecular flexibility index (Phi) is 6.98. The first-order chi connectivity index (χ1) is 15.5. The number of hydrogen-bond donors (Lipinski definition) is 2. The highest BCUT2D eigenvalue weighted by Gasteiger charge is 2.19. The Bertz CT molecular complexity index is 1150. The minimum absolute atomic E-state index is 0.00337. The molecule has 0 saturated carbocycles. The lowest BCUT2D eigenvalue weighted by molar-refractivity contribution is 0.254. The van der Waals surface area contributed by atoms with Crippen LogP contribution in [0.2, 0.25) is 0 Å². The van der Waals surface area contributed by atoms with Crippen molar-refractivity contribution < 1.29 is 13.2 Å². The number of ether oxygens (including phenoxy) is 1. The van der Waals surface area contributed by atoms with Gasteiger partial charge >= 0.3 is 0 Å². The number of rotatable bonds is 9. The van der Waals surface area contributed by atoms with Gasteiger partial charge in [0.1, 0.15) is 0 Å². The van der Waals surface area contributed by atoms with Crippen molar-refractivity contribution in [2.45, 2.75) is 18.6 Å². The number of pyridine rings is 1. The number of piperazine rings is 1. The number of anilines is 1. The average molecular weight is 458 g/mol. The van der Waals surface area contributed by atoms with Crippen LogP contribution in [0.4, 0.5) is 5.69 Å². The summed E-state index contributed by atoms with van der Waals surface area (Å²) in [6, 6.07) is 7.85. The summed E-state index contributed by atoms with van der Waals surface area (Å²) in [5.41, 5.74) is 4.20. The van der Waals surface area contributed by atoms with Crippen molar-refractivity contribution >= 4 is 26.6 Å².